The topological polar surface area (TPSA) is 178 Å². The van der Waals surface area contributed by atoms with E-state index in [0.717, 1.165) is 22.1 Å². The Balaban J connectivity index is 1.26. The van der Waals surface area contributed by atoms with Gasteiger partial charge in [0.25, 0.3) is 0 Å². The Morgan fingerprint density at radius 1 is 1.12 bits per heavy atom. The minimum atomic E-state index is -1.52. The van der Waals surface area contributed by atoms with Crippen molar-refractivity contribution in [3.8, 4) is 28.7 Å². The number of rotatable bonds is 3. The van der Waals surface area contributed by atoms with E-state index in [0.29, 0.717) is 63.0 Å². The maximum absolute atomic E-state index is 15.0. The van der Waals surface area contributed by atoms with Crippen LogP contribution in [0.1, 0.15) is 69.0 Å². The number of hydrogen-bond acceptors (Lipinski definition) is 15. The summed E-state index contributed by atoms with van der Waals surface area (Å²) >= 11 is 1.48. The van der Waals surface area contributed by atoms with Gasteiger partial charge in [0.15, 0.2) is 28.5 Å². The van der Waals surface area contributed by atoms with E-state index in [-0.39, 0.29) is 50.5 Å². The minimum absolute atomic E-state index is 0.0141. The fraction of sp³-hybridized carbons (Fsp3) is 0.463. The molecule has 9 heterocycles. The van der Waals surface area contributed by atoms with Crippen LogP contribution < -0.4 is 30.0 Å². The third-order valence-electron chi connectivity index (χ3n) is 12.7. The molecule has 4 unspecified atom stereocenters. The number of phenolic OH excluding ortho intramolecular Hbond substituents is 1. The van der Waals surface area contributed by atoms with Crippen molar-refractivity contribution in [1.29, 1.82) is 0 Å². The zero-order valence-corrected chi connectivity index (χ0v) is 32.6. The van der Waals surface area contributed by atoms with Gasteiger partial charge in [0.2, 0.25) is 6.79 Å². The average Bonchev–Trinajstić information content (AvgIpc) is 3.76. The summed E-state index contributed by atoms with van der Waals surface area (Å²) in [4.78, 5) is 32.1. The number of fused-ring (bicyclic) bond motifs is 8. The van der Waals surface area contributed by atoms with Crippen molar-refractivity contribution in [2.75, 3.05) is 46.4 Å². The number of para-hydroxylation sites is 1. The lowest BCUT2D eigenvalue weighted by Crippen LogP contribution is -2.70. The fourth-order valence-corrected chi connectivity index (χ4v) is 12.3. The maximum Gasteiger partial charge on any atom is 0.335 e. The number of benzene rings is 3. The Kier molecular flexibility index (Phi) is 8.00. The van der Waals surface area contributed by atoms with Crippen molar-refractivity contribution in [1.82, 2.24) is 15.1 Å². The number of nitrogens with zero attached hydrogens (tertiary/aromatic N) is 2. The molecule has 4 bridgehead atoms. The van der Waals surface area contributed by atoms with Gasteiger partial charge in [-0.25, -0.2) is 4.79 Å². The molecular formula is C41H44N4O10S. The zero-order chi connectivity index (χ0) is 39.0. The van der Waals surface area contributed by atoms with Crippen molar-refractivity contribution in [3.05, 3.63) is 75.0 Å². The minimum Gasteiger partial charge on any atom is -0.504 e. The number of carbonyl (C=O) groups is 2. The first kappa shape index (κ1) is 35.9. The normalized spacial score (nSPS) is 31.3. The number of carbonyl (C=O) groups excluding carboxylic acids is 2. The highest BCUT2D eigenvalue weighted by molar-refractivity contribution is 7.99. The van der Waals surface area contributed by atoms with Gasteiger partial charge < -0.3 is 44.0 Å². The third-order valence-corrected chi connectivity index (χ3v) is 14.2. The van der Waals surface area contributed by atoms with Gasteiger partial charge in [0.1, 0.15) is 29.4 Å². The number of aryl methyl sites for hydroxylation is 1. The molecule has 0 aliphatic carbocycles. The van der Waals surface area contributed by atoms with Crippen LogP contribution in [0.4, 0.5) is 0 Å². The van der Waals surface area contributed by atoms with Crippen LogP contribution in [-0.2, 0) is 32.7 Å². The van der Waals surface area contributed by atoms with Crippen molar-refractivity contribution in [2.24, 2.45) is 5.73 Å². The summed E-state index contributed by atoms with van der Waals surface area (Å²) < 4.78 is 37.3. The van der Waals surface area contributed by atoms with E-state index >= 15 is 0 Å². The Morgan fingerprint density at radius 3 is 2.68 bits per heavy atom. The molecule has 12 rings (SSSR count). The van der Waals surface area contributed by atoms with Crippen LogP contribution in [0.3, 0.4) is 0 Å². The largest absolute Gasteiger partial charge is 0.504 e. The number of nitrogens with two attached hydrogens (primary N) is 1. The number of piperazine rings is 1. The number of thioether (sulfide) groups is 1. The Hall–Kier alpha value is -4.51. The number of likely N-dealkylation sites (N-methyl/N-ethyl adjacent to an activating group) is 1. The number of methoxy groups -OCH3 is 1. The summed E-state index contributed by atoms with van der Waals surface area (Å²) in [6.45, 7) is 5.29. The summed E-state index contributed by atoms with van der Waals surface area (Å²) in [5.74, 6) is 1.17. The second-order valence-electron chi connectivity index (χ2n) is 15.9. The maximum atomic E-state index is 15.0. The number of ether oxygens (including phenoxy) is 5. The standard InChI is InChI=1S/C41H44N4O10S/c1-18-10-21-12-40(49)15-44(4)30(27(21)32(47)33(18)50-5)31-37-29-28(36-35(52-17-53-36)19(2)34(29)54-20(3)46)25(45(31)40)14-51-39(48)41(16-56-37)38-24(11-22(13-42)43-41)23-8-6-7-9-26(23)55-38/h6-10,22,25,30-31,37,43,47,49H,11-17,42H2,1-5H3/t22-,25?,30?,31-,37-,40?,41-/m1/s1. The molecule has 8 atom stereocenters. The number of aromatic hydroxyl groups is 1. The Morgan fingerprint density at radius 2 is 1.91 bits per heavy atom. The molecule has 15 heteroatoms. The molecule has 0 amide bonds. The lowest BCUT2D eigenvalue weighted by Gasteiger charge is -2.60. The average molecular weight is 785 g/mol. The second kappa shape index (κ2) is 12.5. The highest BCUT2D eigenvalue weighted by atomic mass is 32.2. The molecule has 0 saturated carbocycles. The number of esters is 2. The number of nitrogens with one attached hydrogen (secondary N) is 1. The van der Waals surface area contributed by atoms with E-state index < -0.39 is 46.6 Å². The monoisotopic (exact) mass is 784 g/mol. The van der Waals surface area contributed by atoms with Gasteiger partial charge in [-0.05, 0) is 44.5 Å². The lowest BCUT2D eigenvalue weighted by atomic mass is 9.78. The third kappa shape index (κ3) is 4.75. The van der Waals surface area contributed by atoms with Crippen LogP contribution >= 0.6 is 11.8 Å². The Labute approximate surface area is 327 Å². The smallest absolute Gasteiger partial charge is 0.335 e. The molecule has 3 aromatic carbocycles. The first-order valence-corrected chi connectivity index (χ1v) is 20.0. The van der Waals surface area contributed by atoms with E-state index in [1.165, 1.54) is 25.8 Å². The van der Waals surface area contributed by atoms with E-state index in [2.05, 4.69) is 15.1 Å². The van der Waals surface area contributed by atoms with Crippen LogP contribution in [0.2, 0.25) is 0 Å². The van der Waals surface area contributed by atoms with E-state index in [1.807, 2.05) is 51.2 Å². The van der Waals surface area contributed by atoms with Crippen LogP contribution in [0.25, 0.3) is 11.0 Å². The van der Waals surface area contributed by atoms with Crippen molar-refractivity contribution >= 4 is 34.7 Å². The van der Waals surface area contributed by atoms with Crippen LogP contribution in [0.15, 0.2) is 34.7 Å². The summed E-state index contributed by atoms with van der Waals surface area (Å²) in [5.41, 5.74) is 9.04. The van der Waals surface area contributed by atoms with E-state index in [9.17, 15) is 19.8 Å². The highest BCUT2D eigenvalue weighted by Gasteiger charge is 2.64. The van der Waals surface area contributed by atoms with Crippen molar-refractivity contribution < 1.29 is 47.9 Å². The number of furan rings is 1. The number of phenols is 1. The van der Waals surface area contributed by atoms with Crippen molar-refractivity contribution in [3.63, 3.8) is 0 Å². The number of aliphatic hydroxyl groups is 1. The second-order valence-corrected chi connectivity index (χ2v) is 17.1. The zero-order valence-electron chi connectivity index (χ0n) is 31.8. The molecule has 4 aromatic rings. The van der Waals surface area contributed by atoms with Gasteiger partial charge in [-0.15, -0.1) is 11.8 Å². The van der Waals surface area contributed by atoms with Gasteiger partial charge in [0.05, 0.1) is 24.4 Å². The van der Waals surface area contributed by atoms with E-state index in [4.69, 9.17) is 33.8 Å². The van der Waals surface area contributed by atoms with Crippen molar-refractivity contribution in [2.45, 2.75) is 74.3 Å². The number of hydrogen-bond donors (Lipinski definition) is 4. The molecular weight excluding hydrogens is 741 g/mol. The first-order valence-electron chi connectivity index (χ1n) is 18.9. The van der Waals surface area contributed by atoms with Gasteiger partial charge in [-0.1, -0.05) is 24.3 Å². The van der Waals surface area contributed by atoms with Gasteiger partial charge in [-0.3, -0.25) is 19.9 Å². The predicted octanol–water partition coefficient (Wildman–Crippen LogP) is 3.77. The lowest BCUT2D eigenvalue weighted by molar-refractivity contribution is -0.215. The molecule has 2 saturated heterocycles. The van der Waals surface area contributed by atoms with Crippen LogP contribution in [0, 0.1) is 13.8 Å². The molecule has 8 aliphatic heterocycles. The highest BCUT2D eigenvalue weighted by Crippen LogP contribution is 2.65. The molecule has 56 heavy (non-hydrogen) atoms. The summed E-state index contributed by atoms with van der Waals surface area (Å²) in [6, 6.07) is 7.56. The fourth-order valence-electron chi connectivity index (χ4n) is 10.7. The van der Waals surface area contributed by atoms with Crippen LogP contribution in [-0.4, -0.2) is 96.2 Å². The van der Waals surface area contributed by atoms with Gasteiger partial charge in [0, 0.05) is 77.5 Å². The predicted molar refractivity (Wildman–Crippen MR) is 204 cm³/mol. The SMILES string of the molecule is COc1c(C)cc2c(c1O)C1[C@@H]3[C@@H]4SC[C@]5(N[C@@H](CN)Cc6c5oc5ccccc65)C(=O)OCC(c5c6c(c(C)c(OC(C)=O)c54)OCO6)N3C(O)(C2)CN1C. The summed E-state index contributed by atoms with van der Waals surface area (Å²) in [6.07, 6.45) is 0.730. The first-order chi connectivity index (χ1) is 26.9. The molecule has 2 fully saturated rings. The summed E-state index contributed by atoms with van der Waals surface area (Å²) in [7, 11) is 3.48. The summed E-state index contributed by atoms with van der Waals surface area (Å²) in [5, 5.41) is 29.2. The molecule has 14 nitrogen and oxygen atoms in total. The molecule has 294 valence electrons. The molecule has 8 aliphatic rings. The quantitative estimate of drug-likeness (QED) is 0.174. The van der Waals surface area contributed by atoms with Gasteiger partial charge >= 0.3 is 11.9 Å². The molecule has 0 radical (unpaired) electrons. The molecule has 1 aromatic heterocycles. The Bertz CT molecular complexity index is 2370. The van der Waals surface area contributed by atoms with Gasteiger partial charge in [-0.2, -0.15) is 0 Å². The molecule has 5 N–H and O–H groups in total. The van der Waals surface area contributed by atoms with Crippen LogP contribution in [0.5, 0.6) is 28.7 Å². The molecule has 1 spiro atoms. The van der Waals surface area contributed by atoms with E-state index in [1.54, 1.807) is 0 Å².